The Balaban J connectivity index is 2.68. The molecule has 1 rings (SSSR count). The summed E-state index contributed by atoms with van der Waals surface area (Å²) in [6, 6.07) is 5.96. The van der Waals surface area contributed by atoms with Gasteiger partial charge in [0.2, 0.25) is 5.91 Å². The Kier molecular flexibility index (Phi) is 4.63. The van der Waals surface area contributed by atoms with Crippen molar-refractivity contribution < 1.29 is 4.79 Å². The van der Waals surface area contributed by atoms with Crippen LogP contribution in [-0.4, -0.2) is 10.9 Å². The number of thiocarbonyl (C=S) groups is 1. The third-order valence-electron chi connectivity index (χ3n) is 2.64. The summed E-state index contributed by atoms with van der Waals surface area (Å²) < 4.78 is 0. The fourth-order valence-corrected chi connectivity index (χ4v) is 1.53. The molecule has 0 radical (unpaired) electrons. The highest BCUT2D eigenvalue weighted by Crippen LogP contribution is 2.17. The monoisotopic (exact) mass is 250 g/mol. The van der Waals surface area contributed by atoms with E-state index in [4.69, 9.17) is 18.0 Å². The van der Waals surface area contributed by atoms with Crippen molar-refractivity contribution in [3.05, 3.63) is 29.3 Å². The summed E-state index contributed by atoms with van der Waals surface area (Å²) >= 11 is 4.85. The molecule has 3 nitrogen and oxygen atoms in total. The van der Waals surface area contributed by atoms with E-state index in [1.807, 2.05) is 39.0 Å². The summed E-state index contributed by atoms with van der Waals surface area (Å²) in [6.07, 6.45) is 0.322. The number of hydrogen-bond donors (Lipinski definition) is 2. The third-order valence-corrected chi connectivity index (χ3v) is 3.05. The standard InChI is InChI=1S/C13H18N2OS/c1-8-4-5-9(2)11(6-8)15-12(16)7-10(3)13(14)17/h4-6,10H,7H2,1-3H3,(H2,14,17)(H,15,16). The molecular weight excluding hydrogens is 232 g/mol. The molecule has 1 aromatic carbocycles. The van der Waals surface area contributed by atoms with Crippen LogP contribution in [0.3, 0.4) is 0 Å². The van der Waals surface area contributed by atoms with Gasteiger partial charge in [0, 0.05) is 18.0 Å². The second-order valence-corrected chi connectivity index (χ2v) is 4.85. The van der Waals surface area contributed by atoms with Gasteiger partial charge in [-0.05, 0) is 31.0 Å². The minimum absolute atomic E-state index is 0.0565. The van der Waals surface area contributed by atoms with Gasteiger partial charge < -0.3 is 11.1 Å². The molecule has 0 saturated heterocycles. The van der Waals surface area contributed by atoms with E-state index >= 15 is 0 Å². The normalized spacial score (nSPS) is 11.9. The summed E-state index contributed by atoms with van der Waals surface area (Å²) in [5.41, 5.74) is 8.50. The Bertz CT molecular complexity index is 443. The Morgan fingerprint density at radius 2 is 2.12 bits per heavy atom. The Morgan fingerprint density at radius 1 is 1.47 bits per heavy atom. The lowest BCUT2D eigenvalue weighted by atomic mass is 10.1. The van der Waals surface area contributed by atoms with E-state index in [1.165, 1.54) is 0 Å². The van der Waals surface area contributed by atoms with Gasteiger partial charge in [0.05, 0.1) is 4.99 Å². The Morgan fingerprint density at radius 3 is 2.71 bits per heavy atom. The van der Waals surface area contributed by atoms with Crippen molar-refractivity contribution >= 4 is 28.8 Å². The van der Waals surface area contributed by atoms with Gasteiger partial charge in [-0.15, -0.1) is 0 Å². The van der Waals surface area contributed by atoms with E-state index in [0.717, 1.165) is 16.8 Å². The molecule has 3 N–H and O–H groups in total. The highest BCUT2D eigenvalue weighted by molar-refractivity contribution is 7.80. The zero-order valence-corrected chi connectivity index (χ0v) is 11.2. The molecule has 1 atom stereocenters. The van der Waals surface area contributed by atoms with Crippen molar-refractivity contribution in [2.45, 2.75) is 27.2 Å². The topological polar surface area (TPSA) is 55.1 Å². The SMILES string of the molecule is Cc1ccc(C)c(NC(=O)CC(C)C(N)=S)c1. The van der Waals surface area contributed by atoms with E-state index in [0.29, 0.717) is 11.4 Å². The molecule has 0 aliphatic rings. The van der Waals surface area contributed by atoms with Crippen LogP contribution < -0.4 is 11.1 Å². The van der Waals surface area contributed by atoms with E-state index < -0.39 is 0 Å². The predicted molar refractivity (Wildman–Crippen MR) is 75.1 cm³/mol. The quantitative estimate of drug-likeness (QED) is 0.807. The Labute approximate surface area is 107 Å². The number of amides is 1. The summed E-state index contributed by atoms with van der Waals surface area (Å²) in [5, 5.41) is 2.88. The van der Waals surface area contributed by atoms with Crippen LogP contribution in [-0.2, 0) is 4.79 Å². The average molecular weight is 250 g/mol. The summed E-state index contributed by atoms with van der Waals surface area (Å²) in [4.78, 5) is 12.1. The smallest absolute Gasteiger partial charge is 0.225 e. The number of hydrogen-bond acceptors (Lipinski definition) is 2. The first-order valence-electron chi connectivity index (χ1n) is 5.56. The van der Waals surface area contributed by atoms with Crippen LogP contribution in [0.15, 0.2) is 18.2 Å². The van der Waals surface area contributed by atoms with Crippen molar-refractivity contribution in [1.82, 2.24) is 0 Å². The molecule has 17 heavy (non-hydrogen) atoms. The fraction of sp³-hybridized carbons (Fsp3) is 0.385. The van der Waals surface area contributed by atoms with Crippen molar-refractivity contribution in [3.63, 3.8) is 0 Å². The summed E-state index contributed by atoms with van der Waals surface area (Å²) in [5.74, 6) is -0.130. The van der Waals surface area contributed by atoms with Crippen LogP contribution in [0.1, 0.15) is 24.5 Å². The lowest BCUT2D eigenvalue weighted by Gasteiger charge is -2.12. The Hall–Kier alpha value is -1.42. The predicted octanol–water partition coefficient (Wildman–Crippen LogP) is 2.55. The van der Waals surface area contributed by atoms with Crippen LogP contribution in [0, 0.1) is 19.8 Å². The number of aryl methyl sites for hydroxylation is 2. The van der Waals surface area contributed by atoms with Crippen molar-refractivity contribution in [1.29, 1.82) is 0 Å². The maximum atomic E-state index is 11.8. The first kappa shape index (κ1) is 13.6. The molecular formula is C13H18N2OS. The minimum atomic E-state index is -0.0740. The number of anilines is 1. The van der Waals surface area contributed by atoms with Gasteiger partial charge in [0.15, 0.2) is 0 Å². The molecule has 4 heteroatoms. The van der Waals surface area contributed by atoms with Gasteiger partial charge >= 0.3 is 0 Å². The lowest BCUT2D eigenvalue weighted by molar-refractivity contribution is -0.116. The molecule has 1 unspecified atom stereocenters. The van der Waals surface area contributed by atoms with Crippen molar-refractivity contribution in [2.24, 2.45) is 11.7 Å². The van der Waals surface area contributed by atoms with E-state index in [-0.39, 0.29) is 11.8 Å². The molecule has 1 aromatic rings. The highest BCUT2D eigenvalue weighted by Gasteiger charge is 2.12. The molecule has 0 aliphatic heterocycles. The highest BCUT2D eigenvalue weighted by atomic mass is 32.1. The number of carbonyl (C=O) groups excluding carboxylic acids is 1. The van der Waals surface area contributed by atoms with Gasteiger partial charge in [-0.25, -0.2) is 0 Å². The van der Waals surface area contributed by atoms with Gasteiger partial charge in [0.1, 0.15) is 0 Å². The number of nitrogens with one attached hydrogen (secondary N) is 1. The first-order chi connectivity index (χ1) is 7.90. The van der Waals surface area contributed by atoms with Crippen LogP contribution >= 0.6 is 12.2 Å². The summed E-state index contributed by atoms with van der Waals surface area (Å²) in [7, 11) is 0. The van der Waals surface area contributed by atoms with E-state index in [9.17, 15) is 4.79 Å². The van der Waals surface area contributed by atoms with Gasteiger partial charge in [-0.1, -0.05) is 31.3 Å². The van der Waals surface area contributed by atoms with Crippen LogP contribution in [0.4, 0.5) is 5.69 Å². The maximum Gasteiger partial charge on any atom is 0.225 e. The lowest BCUT2D eigenvalue weighted by Crippen LogP contribution is -2.24. The third kappa shape index (κ3) is 4.15. The molecule has 0 aromatic heterocycles. The maximum absolute atomic E-state index is 11.8. The molecule has 0 saturated carbocycles. The summed E-state index contributed by atoms with van der Waals surface area (Å²) in [6.45, 7) is 5.81. The van der Waals surface area contributed by atoms with Gasteiger partial charge in [-0.2, -0.15) is 0 Å². The van der Waals surface area contributed by atoms with Crippen LogP contribution in [0.2, 0.25) is 0 Å². The second-order valence-electron chi connectivity index (χ2n) is 4.37. The van der Waals surface area contributed by atoms with E-state index in [1.54, 1.807) is 0 Å². The zero-order chi connectivity index (χ0) is 13.0. The number of benzene rings is 1. The molecule has 0 heterocycles. The molecule has 0 bridgehead atoms. The first-order valence-corrected chi connectivity index (χ1v) is 5.97. The van der Waals surface area contributed by atoms with Crippen LogP contribution in [0.5, 0.6) is 0 Å². The molecule has 1 amide bonds. The minimum Gasteiger partial charge on any atom is -0.393 e. The van der Waals surface area contributed by atoms with Crippen molar-refractivity contribution in [2.75, 3.05) is 5.32 Å². The molecule has 0 fully saturated rings. The zero-order valence-electron chi connectivity index (χ0n) is 10.4. The molecule has 92 valence electrons. The van der Waals surface area contributed by atoms with Crippen molar-refractivity contribution in [3.8, 4) is 0 Å². The largest absolute Gasteiger partial charge is 0.393 e. The number of carbonyl (C=O) groups is 1. The van der Waals surface area contributed by atoms with Gasteiger partial charge in [0.25, 0.3) is 0 Å². The molecule has 0 aliphatic carbocycles. The number of rotatable bonds is 4. The number of nitrogens with two attached hydrogens (primary N) is 1. The fourth-order valence-electron chi connectivity index (χ4n) is 1.45. The van der Waals surface area contributed by atoms with Crippen LogP contribution in [0.25, 0.3) is 0 Å². The average Bonchev–Trinajstić information content (AvgIpc) is 2.23. The molecule has 0 spiro atoms. The van der Waals surface area contributed by atoms with E-state index in [2.05, 4.69) is 5.32 Å². The van der Waals surface area contributed by atoms with Gasteiger partial charge in [-0.3, -0.25) is 4.79 Å². The second kappa shape index (κ2) is 5.77.